The average Bonchev–Trinajstić information content (AvgIpc) is 2.64. The summed E-state index contributed by atoms with van der Waals surface area (Å²) in [4.78, 5) is 0. The summed E-state index contributed by atoms with van der Waals surface area (Å²) in [5.74, 6) is 2.39. The number of nitrogens with zero attached hydrogens (tertiary/aromatic N) is 3. The summed E-state index contributed by atoms with van der Waals surface area (Å²) in [5, 5.41) is 22.8. The molecule has 0 radical (unpaired) electrons. The molecule has 0 saturated heterocycles. The lowest BCUT2D eigenvalue weighted by Crippen LogP contribution is -2.31. The summed E-state index contributed by atoms with van der Waals surface area (Å²) in [6.07, 6.45) is 4.39. The molecule has 1 unspecified atom stereocenters. The van der Waals surface area contributed by atoms with Crippen molar-refractivity contribution in [3.63, 3.8) is 0 Å². The maximum absolute atomic E-state index is 9.98. The van der Waals surface area contributed by atoms with Crippen molar-refractivity contribution in [2.45, 2.75) is 57.3 Å². The van der Waals surface area contributed by atoms with E-state index in [1.165, 1.54) is 19.3 Å². The van der Waals surface area contributed by atoms with Crippen LogP contribution in [-0.4, -0.2) is 44.8 Å². The molecule has 0 amide bonds. The molecule has 2 rings (SSSR count). The molecule has 20 heavy (non-hydrogen) atoms. The second-order valence-electron chi connectivity index (χ2n) is 5.88. The minimum Gasteiger partial charge on any atom is -0.391 e. The van der Waals surface area contributed by atoms with Crippen LogP contribution in [0.15, 0.2) is 5.16 Å². The van der Waals surface area contributed by atoms with Gasteiger partial charge in [-0.25, -0.2) is 0 Å². The lowest BCUT2D eigenvalue weighted by molar-refractivity contribution is 0.194. The first kappa shape index (κ1) is 15.8. The normalized spacial score (nSPS) is 17.0. The van der Waals surface area contributed by atoms with Gasteiger partial charge in [0, 0.05) is 25.3 Å². The fourth-order valence-corrected chi connectivity index (χ4v) is 3.24. The van der Waals surface area contributed by atoms with E-state index in [0.29, 0.717) is 18.2 Å². The number of aliphatic hydroxyl groups is 1. The van der Waals surface area contributed by atoms with Crippen LogP contribution in [-0.2, 0) is 13.0 Å². The third kappa shape index (κ3) is 4.75. The quantitative estimate of drug-likeness (QED) is 0.750. The van der Waals surface area contributed by atoms with E-state index in [2.05, 4.69) is 33.9 Å². The highest BCUT2D eigenvalue weighted by molar-refractivity contribution is 7.99. The van der Waals surface area contributed by atoms with Crippen LogP contribution in [0.2, 0.25) is 0 Å². The van der Waals surface area contributed by atoms with E-state index in [0.717, 1.165) is 30.5 Å². The van der Waals surface area contributed by atoms with Gasteiger partial charge in [-0.2, -0.15) is 0 Å². The molecule has 2 N–H and O–H groups in total. The molecule has 1 aliphatic heterocycles. The van der Waals surface area contributed by atoms with Gasteiger partial charge in [-0.15, -0.1) is 10.2 Å². The van der Waals surface area contributed by atoms with Gasteiger partial charge >= 0.3 is 0 Å². The Bertz CT molecular complexity index is 408. The van der Waals surface area contributed by atoms with Gasteiger partial charge in [0.1, 0.15) is 5.82 Å². The van der Waals surface area contributed by atoms with Crippen molar-refractivity contribution >= 4 is 11.8 Å². The van der Waals surface area contributed by atoms with Crippen LogP contribution in [0.3, 0.4) is 0 Å². The molecule has 0 spiro atoms. The van der Waals surface area contributed by atoms with Gasteiger partial charge in [0.15, 0.2) is 5.16 Å². The van der Waals surface area contributed by atoms with E-state index >= 15 is 0 Å². The molecule has 0 aliphatic carbocycles. The number of nitrogens with one attached hydrogen (secondary N) is 1. The molecule has 0 fully saturated rings. The average molecular weight is 298 g/mol. The van der Waals surface area contributed by atoms with Crippen LogP contribution in [0.5, 0.6) is 0 Å². The van der Waals surface area contributed by atoms with Gasteiger partial charge in [-0.1, -0.05) is 32.0 Å². The lowest BCUT2D eigenvalue weighted by Gasteiger charge is -2.13. The third-order valence-corrected chi connectivity index (χ3v) is 4.52. The van der Waals surface area contributed by atoms with Crippen LogP contribution in [0.4, 0.5) is 0 Å². The molecule has 0 aromatic carbocycles. The van der Waals surface area contributed by atoms with Gasteiger partial charge in [0.2, 0.25) is 0 Å². The van der Waals surface area contributed by atoms with Crippen molar-refractivity contribution in [1.29, 1.82) is 0 Å². The van der Waals surface area contributed by atoms with Crippen LogP contribution in [0, 0.1) is 5.92 Å². The Kier molecular flexibility index (Phi) is 6.32. The van der Waals surface area contributed by atoms with Crippen LogP contribution in [0.1, 0.15) is 38.9 Å². The highest BCUT2D eigenvalue weighted by Crippen LogP contribution is 2.22. The zero-order valence-electron chi connectivity index (χ0n) is 12.5. The minimum absolute atomic E-state index is 0.336. The van der Waals surface area contributed by atoms with Crippen molar-refractivity contribution < 1.29 is 5.11 Å². The van der Waals surface area contributed by atoms with Gasteiger partial charge in [-0.3, -0.25) is 0 Å². The largest absolute Gasteiger partial charge is 0.391 e. The first-order valence-electron chi connectivity index (χ1n) is 7.60. The first-order chi connectivity index (χ1) is 9.66. The molecule has 5 nitrogen and oxygen atoms in total. The smallest absolute Gasteiger partial charge is 0.191 e. The van der Waals surface area contributed by atoms with E-state index in [1.807, 2.05) is 0 Å². The molecule has 0 saturated carbocycles. The molecule has 1 aromatic heterocycles. The molecular weight excluding hydrogens is 272 g/mol. The Morgan fingerprint density at radius 2 is 2.10 bits per heavy atom. The third-order valence-electron chi connectivity index (χ3n) is 3.41. The molecule has 2 heterocycles. The number of thioether (sulfide) groups is 1. The SMILES string of the molecule is CC(C)CNCC(O)CSc1nnc2n1CCCCC2. The number of fused-ring (bicyclic) bond motifs is 1. The van der Waals surface area contributed by atoms with Gasteiger partial charge in [0.25, 0.3) is 0 Å². The van der Waals surface area contributed by atoms with Crippen LogP contribution >= 0.6 is 11.8 Å². The topological polar surface area (TPSA) is 63.0 Å². The molecule has 1 aromatic rings. The summed E-state index contributed by atoms with van der Waals surface area (Å²) in [5.41, 5.74) is 0. The summed E-state index contributed by atoms with van der Waals surface area (Å²) in [7, 11) is 0. The van der Waals surface area contributed by atoms with Gasteiger partial charge < -0.3 is 15.0 Å². The molecule has 1 aliphatic rings. The minimum atomic E-state index is -0.336. The van der Waals surface area contributed by atoms with Crippen molar-refractivity contribution in [2.75, 3.05) is 18.8 Å². The fourth-order valence-electron chi connectivity index (χ4n) is 2.33. The Labute approximate surface area is 125 Å². The predicted molar refractivity (Wildman–Crippen MR) is 82.0 cm³/mol. The molecular formula is C14H26N4OS. The zero-order chi connectivity index (χ0) is 14.4. The Morgan fingerprint density at radius 3 is 2.90 bits per heavy atom. The predicted octanol–water partition coefficient (Wildman–Crippen LogP) is 1.70. The number of hydrogen-bond donors (Lipinski definition) is 2. The lowest BCUT2D eigenvalue weighted by atomic mass is 10.2. The number of aryl methyl sites for hydroxylation is 1. The van der Waals surface area contributed by atoms with E-state index in [9.17, 15) is 5.11 Å². The molecule has 114 valence electrons. The van der Waals surface area contributed by atoms with Crippen molar-refractivity contribution in [3.05, 3.63) is 5.82 Å². The molecule has 6 heteroatoms. The van der Waals surface area contributed by atoms with Gasteiger partial charge in [0.05, 0.1) is 6.10 Å². The second-order valence-corrected chi connectivity index (χ2v) is 6.87. The number of rotatable bonds is 7. The first-order valence-corrected chi connectivity index (χ1v) is 8.59. The van der Waals surface area contributed by atoms with E-state index < -0.39 is 0 Å². The molecule has 0 bridgehead atoms. The summed E-state index contributed by atoms with van der Waals surface area (Å²) in [6, 6.07) is 0. The van der Waals surface area contributed by atoms with Crippen molar-refractivity contribution in [1.82, 2.24) is 20.1 Å². The summed E-state index contributed by atoms with van der Waals surface area (Å²) in [6.45, 7) is 6.94. The Morgan fingerprint density at radius 1 is 1.25 bits per heavy atom. The van der Waals surface area contributed by atoms with E-state index in [-0.39, 0.29) is 6.10 Å². The maximum atomic E-state index is 9.98. The highest BCUT2D eigenvalue weighted by atomic mass is 32.2. The maximum Gasteiger partial charge on any atom is 0.191 e. The van der Waals surface area contributed by atoms with Crippen LogP contribution in [0.25, 0.3) is 0 Å². The van der Waals surface area contributed by atoms with Gasteiger partial charge in [-0.05, 0) is 25.3 Å². The van der Waals surface area contributed by atoms with E-state index in [4.69, 9.17) is 0 Å². The van der Waals surface area contributed by atoms with Crippen molar-refractivity contribution in [3.8, 4) is 0 Å². The van der Waals surface area contributed by atoms with Crippen LogP contribution < -0.4 is 5.32 Å². The monoisotopic (exact) mass is 298 g/mol. The fraction of sp³-hybridized carbons (Fsp3) is 0.857. The number of aliphatic hydroxyl groups excluding tert-OH is 1. The number of hydrogen-bond acceptors (Lipinski definition) is 5. The van der Waals surface area contributed by atoms with E-state index in [1.54, 1.807) is 11.8 Å². The second kappa shape index (κ2) is 8.00. The summed E-state index contributed by atoms with van der Waals surface area (Å²) < 4.78 is 2.23. The Balaban J connectivity index is 1.77. The Hall–Kier alpha value is -0.590. The zero-order valence-corrected chi connectivity index (χ0v) is 13.3. The van der Waals surface area contributed by atoms with Crippen molar-refractivity contribution in [2.24, 2.45) is 5.92 Å². The number of aromatic nitrogens is 3. The molecule has 1 atom stereocenters. The highest BCUT2D eigenvalue weighted by Gasteiger charge is 2.16. The summed E-state index contributed by atoms with van der Waals surface area (Å²) >= 11 is 1.62. The standard InChI is InChI=1S/C14H26N4OS/c1-11(2)8-15-9-12(19)10-20-14-17-16-13-6-4-3-5-7-18(13)14/h11-12,15,19H,3-10H2,1-2H3.